The highest BCUT2D eigenvalue weighted by molar-refractivity contribution is 6.34. The molecule has 2 atom stereocenters. The molecule has 0 fully saturated rings. The number of hydrogen-bond acceptors (Lipinski definition) is 22. The van der Waals surface area contributed by atoms with Gasteiger partial charge in [-0.25, -0.2) is 4.79 Å². The number of carbonyl (C=O) groups excluding carboxylic acids is 7. The number of aromatic nitrogens is 4. The molecule has 4 aromatic rings. The lowest BCUT2D eigenvalue weighted by Gasteiger charge is -2.31. The Balaban J connectivity index is 1.40. The van der Waals surface area contributed by atoms with Crippen molar-refractivity contribution in [3.05, 3.63) is 113 Å². The van der Waals surface area contributed by atoms with E-state index < -0.39 is 75.4 Å². The molecular weight excluding hydrogens is 1380 g/mol. The zero-order chi connectivity index (χ0) is 76.4. The van der Waals surface area contributed by atoms with Crippen molar-refractivity contribution in [3.8, 4) is 23.0 Å². The summed E-state index contributed by atoms with van der Waals surface area (Å²) in [6.07, 6.45) is 5.77. The molecule has 0 saturated carbocycles. The predicted octanol–water partition coefficient (Wildman–Crippen LogP) is 2.71. The van der Waals surface area contributed by atoms with Crippen LogP contribution in [0.4, 0.5) is 4.79 Å². The number of alkyl carbamates (subject to hydrolysis) is 1. The summed E-state index contributed by atoms with van der Waals surface area (Å²) in [6.45, 7) is 13.2. The Morgan fingerprint density at radius 2 is 0.764 bits per heavy atom. The highest BCUT2D eigenvalue weighted by Crippen LogP contribution is 2.16. The molecule has 18 rings (SSSR count). The van der Waals surface area contributed by atoms with Gasteiger partial charge in [0.2, 0.25) is 0 Å². The van der Waals surface area contributed by atoms with Crippen LogP contribution in [0.3, 0.4) is 0 Å². The number of ether oxygens (including phenoxy) is 5. The normalized spacial score (nSPS) is 18.3. The van der Waals surface area contributed by atoms with E-state index in [1.54, 1.807) is 20.8 Å². The fourth-order valence-electron chi connectivity index (χ4n) is 11.5. The monoisotopic (exact) mass is 1490 g/mol. The van der Waals surface area contributed by atoms with Crippen LogP contribution in [-0.2, 0) is 14.3 Å². The van der Waals surface area contributed by atoms with E-state index in [0.29, 0.717) is 70.6 Å². The lowest BCUT2D eigenvalue weighted by atomic mass is 10.1. The molecular formula is C73H109N13O20. The lowest BCUT2D eigenvalue weighted by Crippen LogP contribution is -2.50. The average molecular weight is 1490 g/mol. The van der Waals surface area contributed by atoms with Crippen molar-refractivity contribution in [2.45, 2.75) is 156 Å². The van der Waals surface area contributed by atoms with Gasteiger partial charge in [-0.15, -0.1) is 18.9 Å². The molecule has 4 aromatic heterocycles. The minimum Gasteiger partial charge on any atom is -0.488 e. The summed E-state index contributed by atoms with van der Waals surface area (Å²) in [5, 5.41) is 14.7. The molecule has 0 spiro atoms. The Hall–Kier alpha value is -9.79. The van der Waals surface area contributed by atoms with Gasteiger partial charge in [0.15, 0.2) is 23.0 Å². The molecule has 18 heterocycles. The van der Waals surface area contributed by atoms with E-state index in [1.807, 2.05) is 37.5 Å². The molecule has 106 heavy (non-hydrogen) atoms. The number of nitrogens with one attached hydrogen (secondary N) is 5. The van der Waals surface area contributed by atoms with E-state index >= 15 is 4.79 Å². The summed E-state index contributed by atoms with van der Waals surface area (Å²) in [5.41, 5.74) is -4.39. The summed E-state index contributed by atoms with van der Waals surface area (Å²) in [6, 6.07) is 10.3. The molecule has 5 N–H and O–H groups in total. The third-order valence-corrected chi connectivity index (χ3v) is 17.2. The van der Waals surface area contributed by atoms with Crippen molar-refractivity contribution in [2.24, 2.45) is 0 Å². The fourth-order valence-corrected chi connectivity index (χ4v) is 11.5. The Morgan fingerprint density at radius 1 is 0.434 bits per heavy atom. The van der Waals surface area contributed by atoms with Gasteiger partial charge in [0.05, 0.1) is 26.4 Å². The van der Waals surface area contributed by atoms with Gasteiger partial charge in [-0.1, -0.05) is 53.4 Å². The number of unbranched alkanes of at least 4 members (excludes halogenated alkanes) is 5. The maximum absolute atomic E-state index is 15.0. The Labute approximate surface area is 617 Å². The minimum atomic E-state index is -0.960. The van der Waals surface area contributed by atoms with Crippen molar-refractivity contribution >= 4 is 41.5 Å². The first-order valence-electron chi connectivity index (χ1n) is 37.4. The van der Waals surface area contributed by atoms with Gasteiger partial charge in [0, 0.05) is 97.7 Å². The Bertz CT molecular complexity index is 3690. The standard InChI is InChI=1S/C73H109N13O20/c1-8-12-48-102-83-54-23-27-58(66(83)91)98-44-18-35-81-36-19-45-99-59-28-24-55(84(67(59)92)103-49-13-9-2)63(88)75-33-40-79(39-32-74-62(54)87)42-43-80-41-34-76-64(89)56-25-29-60(68(93)85(56)104-50-14-10-3)100-46-20-37-82(71(96)70(81)95)38-21-47-101-61-30-26-57(86(69(61)94)105-51-15-11-4)65(90)78-53(52-80)22-16-17-31-77-72(97)106-73(5,6)7/h23-30,53H,8-22,31-52H2,1-7H3,(H,74,87)(H,75,88)(H,76,89)(H,77,97)(H,78,90). The third kappa shape index (κ3) is 25.8. The van der Waals surface area contributed by atoms with Crippen LogP contribution in [0.15, 0.2) is 67.7 Å². The van der Waals surface area contributed by atoms with E-state index in [1.165, 1.54) is 58.3 Å². The average Bonchev–Trinajstić information content (AvgIpc) is 0.739. The number of hydrogen-bond donors (Lipinski definition) is 5. The molecule has 14 aliphatic rings. The van der Waals surface area contributed by atoms with Crippen LogP contribution < -0.4 is 87.1 Å². The molecule has 0 saturated heterocycles. The number of rotatable bonds is 21. The quantitative estimate of drug-likeness (QED) is 0.0591. The second-order valence-corrected chi connectivity index (χ2v) is 26.9. The Morgan fingerprint density at radius 3 is 1.10 bits per heavy atom. The van der Waals surface area contributed by atoms with Crippen molar-refractivity contribution in [3.63, 3.8) is 0 Å². The van der Waals surface area contributed by atoms with Crippen LogP contribution in [0.1, 0.15) is 187 Å². The smallest absolute Gasteiger partial charge is 0.407 e. The highest BCUT2D eigenvalue weighted by Gasteiger charge is 2.30. The molecule has 0 aliphatic carbocycles. The van der Waals surface area contributed by atoms with Crippen molar-refractivity contribution in [1.82, 2.24) is 65.1 Å². The zero-order valence-corrected chi connectivity index (χ0v) is 62.6. The number of pyridine rings is 4. The summed E-state index contributed by atoms with van der Waals surface area (Å²) in [5.74, 6) is -5.29. The summed E-state index contributed by atoms with van der Waals surface area (Å²) in [7, 11) is 0. The van der Waals surface area contributed by atoms with Gasteiger partial charge in [0.1, 0.15) is 54.8 Å². The fraction of sp³-hybridized carbons (Fsp3) is 0.630. The summed E-state index contributed by atoms with van der Waals surface area (Å²) >= 11 is 0. The van der Waals surface area contributed by atoms with Crippen LogP contribution in [0.5, 0.6) is 23.0 Å². The van der Waals surface area contributed by atoms with Crippen molar-refractivity contribution < 1.29 is 76.6 Å². The molecule has 14 aliphatic heterocycles. The van der Waals surface area contributed by atoms with E-state index in [4.69, 9.17) is 43.0 Å². The number of carbonyl (C=O) groups is 7. The molecule has 12 bridgehead atoms. The van der Waals surface area contributed by atoms with Gasteiger partial charge in [-0.05, 0) is 140 Å². The van der Waals surface area contributed by atoms with Crippen LogP contribution in [-0.4, -0.2) is 236 Å². The van der Waals surface area contributed by atoms with Gasteiger partial charge in [-0.3, -0.25) is 57.7 Å². The molecule has 33 heteroatoms. The molecule has 33 nitrogen and oxygen atoms in total. The second-order valence-electron chi connectivity index (χ2n) is 26.9. The van der Waals surface area contributed by atoms with E-state index in [2.05, 4.69) is 26.6 Å². The zero-order valence-electron chi connectivity index (χ0n) is 62.6. The van der Waals surface area contributed by atoms with E-state index in [0.717, 1.165) is 18.9 Å². The first-order chi connectivity index (χ1) is 51.2. The Kier molecular flexibility index (Phi) is 34.3. The van der Waals surface area contributed by atoms with Gasteiger partial charge < -0.3 is 79.4 Å². The lowest BCUT2D eigenvalue weighted by molar-refractivity contribution is -0.152. The van der Waals surface area contributed by atoms with Crippen molar-refractivity contribution in [1.29, 1.82) is 0 Å². The van der Waals surface area contributed by atoms with Gasteiger partial charge in [-0.2, -0.15) is 0 Å². The predicted molar refractivity (Wildman–Crippen MR) is 391 cm³/mol. The third-order valence-electron chi connectivity index (χ3n) is 17.2. The van der Waals surface area contributed by atoms with E-state index in [-0.39, 0.29) is 216 Å². The maximum atomic E-state index is 15.0. The molecule has 0 aromatic carbocycles. The maximum Gasteiger partial charge on any atom is 0.407 e. The van der Waals surface area contributed by atoms with Crippen LogP contribution in [0.2, 0.25) is 0 Å². The van der Waals surface area contributed by atoms with E-state index in [9.17, 15) is 47.9 Å². The topological polar surface area (TPSA) is 364 Å². The molecule has 0 radical (unpaired) electrons. The largest absolute Gasteiger partial charge is 0.488 e. The molecule has 2 unspecified atom stereocenters. The van der Waals surface area contributed by atoms with Crippen molar-refractivity contribution in [2.75, 3.05) is 144 Å². The highest BCUT2D eigenvalue weighted by atomic mass is 16.7. The van der Waals surface area contributed by atoms with Crippen LogP contribution >= 0.6 is 0 Å². The SMILES string of the molecule is CCCCOn1c2ccc(c1=O)OCCCN1CCCOc3ccc(n(OCCCC)c3=O)C(=O)NCCN(CCNC2=O)CCN2CCNC(=O)c3ccc(c(=O)n3OCCCC)OCCCN(CCCOc3ccc(n(OCCCC)c3=O)C(=O)NC(CCCCNC(=O)OC(C)(C)C)C2)C(=O)C1=O. The van der Waals surface area contributed by atoms with Crippen LogP contribution in [0.25, 0.3) is 0 Å². The second kappa shape index (κ2) is 43.6. The first-order valence-corrected chi connectivity index (χ1v) is 37.4. The van der Waals surface area contributed by atoms with Gasteiger partial charge >= 0.3 is 40.1 Å². The van der Waals surface area contributed by atoms with Crippen LogP contribution in [0, 0.1) is 0 Å². The first kappa shape index (κ1) is 83.5. The molecule has 7 amide bonds. The van der Waals surface area contributed by atoms with Gasteiger partial charge in [0.25, 0.3) is 23.6 Å². The molecule has 586 valence electrons. The minimum absolute atomic E-state index is 0.0280. The number of amides is 7. The summed E-state index contributed by atoms with van der Waals surface area (Å²) < 4.78 is 33.4. The number of nitrogens with zero attached hydrogens (tertiary/aromatic N) is 8. The summed E-state index contributed by atoms with van der Waals surface area (Å²) in [4.78, 5) is 189.